The number of ether oxygens (including phenoxy) is 2. The molecule has 0 aliphatic heterocycles. The van der Waals surface area contributed by atoms with Gasteiger partial charge in [0.05, 0.1) is 12.7 Å². The second kappa shape index (κ2) is 9.58. The molecule has 2 aromatic rings. The minimum Gasteiger partial charge on any atom is -0.493 e. The van der Waals surface area contributed by atoms with Crippen molar-refractivity contribution in [1.29, 1.82) is 5.26 Å². The molecule has 2 aromatic carbocycles. The average molecular weight is 369 g/mol. The number of methoxy groups -OCH3 is 1. The number of hydrazine groups is 1. The van der Waals surface area contributed by atoms with Crippen molar-refractivity contribution >= 4 is 17.9 Å². The van der Waals surface area contributed by atoms with Crippen LogP contribution in [0, 0.1) is 17.1 Å². The van der Waals surface area contributed by atoms with Gasteiger partial charge in [-0.05, 0) is 35.9 Å². The van der Waals surface area contributed by atoms with Gasteiger partial charge >= 0.3 is 0 Å². The number of nitrogens with one attached hydrogen (secondary N) is 2. The maximum atomic E-state index is 13.5. The number of amides is 2. The second-order valence-electron chi connectivity index (χ2n) is 5.11. The topological polar surface area (TPSA) is 100 Å². The number of rotatable bonds is 6. The molecule has 0 unspecified atom stereocenters. The van der Waals surface area contributed by atoms with Crippen LogP contribution in [-0.4, -0.2) is 25.5 Å². The van der Waals surface area contributed by atoms with E-state index in [0.717, 1.165) is 6.07 Å². The van der Waals surface area contributed by atoms with E-state index in [4.69, 9.17) is 14.7 Å². The molecule has 27 heavy (non-hydrogen) atoms. The van der Waals surface area contributed by atoms with Crippen molar-refractivity contribution in [3.05, 3.63) is 65.5 Å². The van der Waals surface area contributed by atoms with Crippen LogP contribution in [0.5, 0.6) is 11.5 Å². The van der Waals surface area contributed by atoms with Gasteiger partial charge in [-0.25, -0.2) is 4.39 Å². The van der Waals surface area contributed by atoms with Crippen LogP contribution in [0.25, 0.3) is 6.08 Å². The van der Waals surface area contributed by atoms with Crippen LogP contribution in [0.2, 0.25) is 0 Å². The van der Waals surface area contributed by atoms with Crippen LogP contribution < -0.4 is 20.3 Å². The molecule has 0 saturated heterocycles. The molecule has 0 radical (unpaired) electrons. The Hall–Kier alpha value is -3.86. The summed E-state index contributed by atoms with van der Waals surface area (Å²) in [6.45, 7) is -0.115. The van der Waals surface area contributed by atoms with E-state index in [-0.39, 0.29) is 12.2 Å². The van der Waals surface area contributed by atoms with Crippen LogP contribution >= 0.6 is 0 Å². The van der Waals surface area contributed by atoms with Crippen molar-refractivity contribution in [3.63, 3.8) is 0 Å². The largest absolute Gasteiger partial charge is 0.493 e. The SMILES string of the molecule is COc1cc(/C=C/C(=O)NNC(=O)c2ccccc2F)ccc1OCC#N. The first-order valence-electron chi connectivity index (χ1n) is 7.76. The Kier molecular flexibility index (Phi) is 6.91. The predicted octanol–water partition coefficient (Wildman–Crippen LogP) is 2.21. The summed E-state index contributed by atoms with van der Waals surface area (Å²) < 4.78 is 23.9. The van der Waals surface area contributed by atoms with Crippen molar-refractivity contribution in [2.75, 3.05) is 13.7 Å². The Morgan fingerprint density at radius 2 is 1.96 bits per heavy atom. The van der Waals surface area contributed by atoms with Crippen LogP contribution in [0.4, 0.5) is 4.39 Å². The zero-order valence-electron chi connectivity index (χ0n) is 14.4. The molecule has 0 bridgehead atoms. The molecule has 0 saturated carbocycles. The maximum Gasteiger partial charge on any atom is 0.272 e. The van der Waals surface area contributed by atoms with Crippen molar-refractivity contribution in [1.82, 2.24) is 10.9 Å². The van der Waals surface area contributed by atoms with E-state index >= 15 is 0 Å². The maximum absolute atomic E-state index is 13.5. The summed E-state index contributed by atoms with van der Waals surface area (Å²) >= 11 is 0. The summed E-state index contributed by atoms with van der Waals surface area (Å²) in [7, 11) is 1.45. The molecular formula is C19H16FN3O4. The third-order valence-corrected chi connectivity index (χ3v) is 3.32. The molecule has 0 aliphatic carbocycles. The lowest BCUT2D eigenvalue weighted by Gasteiger charge is -2.09. The van der Waals surface area contributed by atoms with E-state index in [1.54, 1.807) is 18.2 Å². The van der Waals surface area contributed by atoms with Gasteiger partial charge in [-0.15, -0.1) is 0 Å². The minimum atomic E-state index is -0.768. The Morgan fingerprint density at radius 3 is 2.67 bits per heavy atom. The molecule has 0 aliphatic rings. The van der Waals surface area contributed by atoms with E-state index in [2.05, 4.69) is 10.9 Å². The molecule has 2 amide bonds. The molecule has 0 atom stereocenters. The van der Waals surface area contributed by atoms with Gasteiger partial charge in [0.25, 0.3) is 11.8 Å². The number of hydrogen-bond acceptors (Lipinski definition) is 5. The summed E-state index contributed by atoms with van der Waals surface area (Å²) in [6, 6.07) is 12.2. The first kappa shape index (κ1) is 19.5. The quantitative estimate of drug-likeness (QED) is 0.601. The van der Waals surface area contributed by atoms with Gasteiger partial charge in [0.2, 0.25) is 0 Å². The van der Waals surface area contributed by atoms with E-state index in [1.165, 1.54) is 37.5 Å². The Labute approximate surface area is 155 Å². The Bertz CT molecular complexity index is 906. The molecular weight excluding hydrogens is 353 g/mol. The molecule has 0 fully saturated rings. The van der Waals surface area contributed by atoms with Crippen LogP contribution in [0.15, 0.2) is 48.5 Å². The molecule has 0 aromatic heterocycles. The van der Waals surface area contributed by atoms with Gasteiger partial charge in [0.1, 0.15) is 11.9 Å². The summed E-state index contributed by atoms with van der Waals surface area (Å²) in [5, 5.41) is 8.55. The number of nitriles is 1. The van der Waals surface area contributed by atoms with E-state index in [9.17, 15) is 14.0 Å². The first-order chi connectivity index (χ1) is 13.0. The number of halogens is 1. The fraction of sp³-hybridized carbons (Fsp3) is 0.105. The van der Waals surface area contributed by atoms with Crippen LogP contribution in [-0.2, 0) is 4.79 Å². The number of nitrogens with zero attached hydrogens (tertiary/aromatic N) is 1. The molecule has 8 heteroatoms. The molecule has 138 valence electrons. The third-order valence-electron chi connectivity index (χ3n) is 3.32. The lowest BCUT2D eigenvalue weighted by Crippen LogP contribution is -2.41. The van der Waals surface area contributed by atoms with Gasteiger partial charge in [-0.3, -0.25) is 20.4 Å². The van der Waals surface area contributed by atoms with Crippen LogP contribution in [0.1, 0.15) is 15.9 Å². The molecule has 0 heterocycles. The van der Waals surface area contributed by atoms with Crippen molar-refractivity contribution < 1.29 is 23.5 Å². The highest BCUT2D eigenvalue weighted by Gasteiger charge is 2.10. The predicted molar refractivity (Wildman–Crippen MR) is 95.1 cm³/mol. The highest BCUT2D eigenvalue weighted by molar-refractivity contribution is 5.98. The van der Waals surface area contributed by atoms with E-state index in [0.29, 0.717) is 17.1 Å². The lowest BCUT2D eigenvalue weighted by molar-refractivity contribution is -0.117. The molecule has 0 spiro atoms. The van der Waals surface area contributed by atoms with E-state index in [1.807, 2.05) is 6.07 Å². The monoisotopic (exact) mass is 369 g/mol. The second-order valence-corrected chi connectivity index (χ2v) is 5.11. The highest BCUT2D eigenvalue weighted by Crippen LogP contribution is 2.28. The molecule has 2 rings (SSSR count). The Morgan fingerprint density at radius 1 is 1.19 bits per heavy atom. The number of carbonyl (C=O) groups is 2. The summed E-state index contributed by atoms with van der Waals surface area (Å²) in [5.41, 5.74) is 4.74. The van der Waals surface area contributed by atoms with Gasteiger partial charge in [0.15, 0.2) is 18.1 Å². The average Bonchev–Trinajstić information content (AvgIpc) is 2.69. The van der Waals surface area contributed by atoms with Crippen molar-refractivity contribution in [2.24, 2.45) is 0 Å². The summed E-state index contributed by atoms with van der Waals surface area (Å²) in [5.74, 6) is -1.26. The smallest absolute Gasteiger partial charge is 0.272 e. The first-order valence-corrected chi connectivity index (χ1v) is 7.76. The van der Waals surface area contributed by atoms with Crippen LogP contribution in [0.3, 0.4) is 0 Å². The van der Waals surface area contributed by atoms with E-state index < -0.39 is 17.6 Å². The zero-order valence-corrected chi connectivity index (χ0v) is 14.4. The molecule has 2 N–H and O–H groups in total. The van der Waals surface area contributed by atoms with Gasteiger partial charge in [0, 0.05) is 6.08 Å². The van der Waals surface area contributed by atoms with Crippen molar-refractivity contribution in [2.45, 2.75) is 0 Å². The zero-order chi connectivity index (χ0) is 19.6. The Balaban J connectivity index is 1.95. The highest BCUT2D eigenvalue weighted by atomic mass is 19.1. The lowest BCUT2D eigenvalue weighted by atomic mass is 10.2. The fourth-order valence-corrected chi connectivity index (χ4v) is 2.06. The molecule has 7 nitrogen and oxygen atoms in total. The summed E-state index contributed by atoms with van der Waals surface area (Å²) in [4.78, 5) is 23.6. The number of hydrogen-bond donors (Lipinski definition) is 2. The fourth-order valence-electron chi connectivity index (χ4n) is 2.06. The number of benzene rings is 2. The third kappa shape index (κ3) is 5.57. The van der Waals surface area contributed by atoms with Crippen molar-refractivity contribution in [3.8, 4) is 17.6 Å². The van der Waals surface area contributed by atoms with Gasteiger partial charge < -0.3 is 9.47 Å². The normalized spacial score (nSPS) is 10.1. The standard InChI is InChI=1S/C19H16FN3O4/c1-26-17-12-13(6-8-16(17)27-11-10-21)7-9-18(24)22-23-19(25)14-4-2-3-5-15(14)20/h2-9,12H,11H2,1H3,(H,22,24)(H,23,25)/b9-7+. The summed E-state index contributed by atoms with van der Waals surface area (Å²) in [6.07, 6.45) is 2.67. The van der Waals surface area contributed by atoms with Gasteiger partial charge in [-0.1, -0.05) is 18.2 Å². The minimum absolute atomic E-state index is 0.115. The van der Waals surface area contributed by atoms with Gasteiger partial charge in [-0.2, -0.15) is 5.26 Å². The number of carbonyl (C=O) groups excluding carboxylic acids is 2.